The van der Waals surface area contributed by atoms with Crippen LogP contribution < -0.4 is 0 Å². The van der Waals surface area contributed by atoms with Crippen molar-refractivity contribution in [3.05, 3.63) is 0 Å². The van der Waals surface area contributed by atoms with Crippen LogP contribution in [0.15, 0.2) is 0 Å². The summed E-state index contributed by atoms with van der Waals surface area (Å²) in [5, 5.41) is 1.34. The molecule has 0 radical (unpaired) electrons. The average molecular weight is 280 g/mol. The average Bonchev–Trinajstić information content (AvgIpc) is 2.48. The maximum Gasteiger partial charge on any atom is 0.303 e. The van der Waals surface area contributed by atoms with Gasteiger partial charge in [-0.1, -0.05) is 0 Å². The summed E-state index contributed by atoms with van der Waals surface area (Å²) in [7, 11) is 0. The van der Waals surface area contributed by atoms with Gasteiger partial charge in [-0.2, -0.15) is 23.5 Å². The molecule has 16 heavy (non-hydrogen) atoms. The summed E-state index contributed by atoms with van der Waals surface area (Å²) in [6.07, 6.45) is 2.40. The Hall–Kier alpha value is 0.480. The summed E-state index contributed by atoms with van der Waals surface area (Å²) in [5.74, 6) is 1.78. The van der Waals surface area contributed by atoms with E-state index in [0.717, 1.165) is 16.6 Å². The van der Waals surface area contributed by atoms with Crippen molar-refractivity contribution < 1.29 is 14.3 Å². The third-order valence-electron chi connectivity index (χ3n) is 2.65. The number of carbonyl (C=O) groups excluding carboxylic acids is 1. The predicted molar refractivity (Wildman–Crippen MR) is 71.3 cm³/mol. The summed E-state index contributed by atoms with van der Waals surface area (Å²) >= 11 is 5.57. The molecule has 4 atom stereocenters. The van der Waals surface area contributed by atoms with E-state index in [0.29, 0.717) is 5.25 Å². The molecule has 0 aromatic rings. The van der Waals surface area contributed by atoms with Crippen LogP contribution in [-0.4, -0.2) is 52.4 Å². The van der Waals surface area contributed by atoms with Crippen molar-refractivity contribution in [2.45, 2.75) is 30.5 Å². The number of ether oxygens (including phenoxy) is 2. The Balaban J connectivity index is 2.01. The van der Waals surface area contributed by atoms with Crippen molar-refractivity contribution in [1.29, 1.82) is 0 Å². The zero-order chi connectivity index (χ0) is 11.5. The van der Waals surface area contributed by atoms with Gasteiger partial charge in [0.15, 0.2) is 0 Å². The molecule has 2 saturated heterocycles. The number of hydrogen-bond donors (Lipinski definition) is 0. The maximum atomic E-state index is 11.1. The lowest BCUT2D eigenvalue weighted by atomic mass is 10.1. The van der Waals surface area contributed by atoms with Crippen LogP contribution >= 0.6 is 35.3 Å². The first-order valence-corrected chi connectivity index (χ1v) is 8.83. The molecule has 2 aliphatic heterocycles. The summed E-state index contributed by atoms with van der Waals surface area (Å²) in [5.41, 5.74) is 0. The number of fused-ring (bicyclic) bond motifs is 2. The summed E-state index contributed by atoms with van der Waals surface area (Å²) in [6.45, 7) is 1.48. The van der Waals surface area contributed by atoms with Crippen molar-refractivity contribution in [1.82, 2.24) is 0 Å². The van der Waals surface area contributed by atoms with Gasteiger partial charge in [0.1, 0.15) is 12.2 Å². The van der Waals surface area contributed by atoms with Gasteiger partial charge in [-0.15, -0.1) is 11.8 Å². The highest BCUT2D eigenvalue weighted by atomic mass is 32.2. The van der Waals surface area contributed by atoms with E-state index >= 15 is 0 Å². The number of esters is 1. The largest absolute Gasteiger partial charge is 0.458 e. The van der Waals surface area contributed by atoms with Crippen molar-refractivity contribution in [2.24, 2.45) is 0 Å². The van der Waals surface area contributed by atoms with E-state index in [-0.39, 0.29) is 24.3 Å². The Bertz CT molecular complexity index is 262. The molecule has 2 bridgehead atoms. The second-order valence-electron chi connectivity index (χ2n) is 3.86. The number of carbonyl (C=O) groups is 1. The topological polar surface area (TPSA) is 35.5 Å². The summed E-state index contributed by atoms with van der Waals surface area (Å²) in [6, 6.07) is 0. The fourth-order valence-corrected chi connectivity index (χ4v) is 5.30. The molecule has 6 heteroatoms. The molecule has 0 aromatic carbocycles. The highest BCUT2D eigenvalue weighted by Crippen LogP contribution is 2.40. The highest BCUT2D eigenvalue weighted by molar-refractivity contribution is 8.16. The lowest BCUT2D eigenvalue weighted by Crippen LogP contribution is -2.34. The molecule has 0 saturated carbocycles. The zero-order valence-corrected chi connectivity index (χ0v) is 11.8. The highest BCUT2D eigenvalue weighted by Gasteiger charge is 2.49. The molecule has 3 nitrogen and oxygen atoms in total. The normalized spacial score (nSPS) is 37.4. The molecule has 0 N–H and O–H groups in total. The lowest BCUT2D eigenvalue weighted by molar-refractivity contribution is -0.148. The van der Waals surface area contributed by atoms with Gasteiger partial charge in [0.05, 0.1) is 11.4 Å². The van der Waals surface area contributed by atoms with Crippen LogP contribution in [0.5, 0.6) is 0 Å². The van der Waals surface area contributed by atoms with Gasteiger partial charge in [0.25, 0.3) is 0 Å². The van der Waals surface area contributed by atoms with E-state index < -0.39 is 0 Å². The molecule has 0 unspecified atom stereocenters. The summed E-state index contributed by atoms with van der Waals surface area (Å²) in [4.78, 5) is 11.1. The van der Waals surface area contributed by atoms with Crippen molar-refractivity contribution in [3.8, 4) is 0 Å². The smallest absolute Gasteiger partial charge is 0.303 e. The molecule has 92 valence electrons. The first kappa shape index (κ1) is 12.9. The molecule has 2 aliphatic rings. The molecular weight excluding hydrogens is 264 g/mol. The fraction of sp³-hybridized carbons (Fsp3) is 0.900. The molecule has 0 amide bonds. The fourth-order valence-electron chi connectivity index (χ4n) is 2.05. The SMILES string of the molecule is CSCS[C@H]1[C@H](OC(C)=O)[C@@H]2CSC[C@H]1O2. The Morgan fingerprint density at radius 1 is 1.50 bits per heavy atom. The standard InChI is InChI=1S/C10H16O3S3/c1-6(11)12-9-7-3-15-4-8(13-7)10(9)16-5-14-2/h7-10H,3-5H2,1-2H3/t7-,8+,9+,10+/m0/s1. The Kier molecular flexibility index (Phi) is 4.76. The van der Waals surface area contributed by atoms with Gasteiger partial charge in [-0.25, -0.2) is 0 Å². The summed E-state index contributed by atoms with van der Waals surface area (Å²) < 4.78 is 11.3. The molecule has 0 spiro atoms. The second-order valence-corrected chi connectivity index (χ2v) is 7.34. The van der Waals surface area contributed by atoms with Crippen LogP contribution in [-0.2, 0) is 14.3 Å². The first-order chi connectivity index (χ1) is 7.72. The molecular formula is C10H16O3S3. The van der Waals surface area contributed by atoms with E-state index in [9.17, 15) is 4.79 Å². The van der Waals surface area contributed by atoms with Gasteiger partial charge < -0.3 is 9.47 Å². The van der Waals surface area contributed by atoms with Gasteiger partial charge in [-0.05, 0) is 6.26 Å². The van der Waals surface area contributed by atoms with Crippen molar-refractivity contribution >= 4 is 41.3 Å². The van der Waals surface area contributed by atoms with E-state index in [1.165, 1.54) is 6.92 Å². The number of rotatable bonds is 4. The third-order valence-corrected chi connectivity index (χ3v) is 6.22. The predicted octanol–water partition coefficient (Wildman–Crippen LogP) is 1.85. The van der Waals surface area contributed by atoms with Gasteiger partial charge in [0, 0.05) is 23.5 Å². The molecule has 2 heterocycles. The molecule has 2 fully saturated rings. The zero-order valence-electron chi connectivity index (χ0n) is 9.38. The van der Waals surface area contributed by atoms with Crippen LogP contribution in [0.4, 0.5) is 0 Å². The third kappa shape index (κ3) is 2.83. The molecule has 0 aliphatic carbocycles. The van der Waals surface area contributed by atoms with Crippen LogP contribution in [0.3, 0.4) is 0 Å². The molecule has 0 aromatic heterocycles. The Morgan fingerprint density at radius 3 is 2.94 bits per heavy atom. The first-order valence-electron chi connectivity index (χ1n) is 5.23. The van der Waals surface area contributed by atoms with E-state index in [1.54, 1.807) is 11.8 Å². The van der Waals surface area contributed by atoms with Gasteiger partial charge >= 0.3 is 5.97 Å². The minimum absolute atomic E-state index is 0.0466. The molecule has 2 rings (SSSR count). The lowest BCUT2D eigenvalue weighted by Gasteiger charge is -2.20. The monoisotopic (exact) mass is 280 g/mol. The van der Waals surface area contributed by atoms with Crippen molar-refractivity contribution in [2.75, 3.05) is 22.8 Å². The van der Waals surface area contributed by atoms with E-state index in [1.807, 2.05) is 23.5 Å². The van der Waals surface area contributed by atoms with Crippen LogP contribution in [0.1, 0.15) is 6.92 Å². The van der Waals surface area contributed by atoms with Gasteiger partial charge in [-0.3, -0.25) is 4.79 Å². The van der Waals surface area contributed by atoms with Gasteiger partial charge in [0.2, 0.25) is 0 Å². The van der Waals surface area contributed by atoms with E-state index in [4.69, 9.17) is 9.47 Å². The number of hydrogen-bond acceptors (Lipinski definition) is 6. The second kappa shape index (κ2) is 5.89. The van der Waals surface area contributed by atoms with Crippen LogP contribution in [0.2, 0.25) is 0 Å². The quantitative estimate of drug-likeness (QED) is 0.578. The minimum atomic E-state index is -0.194. The van der Waals surface area contributed by atoms with Crippen LogP contribution in [0.25, 0.3) is 0 Å². The maximum absolute atomic E-state index is 11.1. The number of thioether (sulfide) groups is 3. The van der Waals surface area contributed by atoms with Crippen LogP contribution in [0, 0.1) is 0 Å². The Morgan fingerprint density at radius 2 is 2.25 bits per heavy atom. The Labute approximate surface area is 109 Å². The van der Waals surface area contributed by atoms with Crippen molar-refractivity contribution in [3.63, 3.8) is 0 Å². The minimum Gasteiger partial charge on any atom is -0.458 e. The van der Waals surface area contributed by atoms with E-state index in [2.05, 4.69) is 6.26 Å².